The summed E-state index contributed by atoms with van der Waals surface area (Å²) in [6.07, 6.45) is 0. The third-order valence-electron chi connectivity index (χ3n) is 0.775. The fourth-order valence-electron chi connectivity index (χ4n) is 0.425. The first-order valence-electron chi connectivity index (χ1n) is 2.16. The van der Waals surface area contributed by atoms with Crippen LogP contribution in [0.5, 0.6) is 0 Å². The first-order chi connectivity index (χ1) is 3.80. The summed E-state index contributed by atoms with van der Waals surface area (Å²) in [6, 6.07) is 3.25. The van der Waals surface area contributed by atoms with Gasteiger partial charge in [-0.1, -0.05) is 24.0 Å². The average molecular weight is 245 g/mol. The number of hydrogen-bond donors (Lipinski definition) is 0. The Hall–Kier alpha value is 1.80. The summed E-state index contributed by atoms with van der Waals surface area (Å²) in [7, 11) is -1.80. The Bertz CT molecular complexity index is 164. The molecule has 1 aromatic rings. The van der Waals surface area contributed by atoms with Crippen LogP contribution in [-0.2, 0) is 0 Å². The van der Waals surface area contributed by atoms with E-state index in [2.05, 4.69) is 0 Å². The molecule has 1 aromatic heterocycles. The van der Waals surface area contributed by atoms with Crippen LogP contribution in [0.1, 0.15) is 0 Å². The number of halogens is 2. The Morgan fingerprint density at radius 1 is 1.17 bits per heavy atom. The summed E-state index contributed by atoms with van der Waals surface area (Å²) in [4.78, 5) is 0. The summed E-state index contributed by atoms with van der Waals surface area (Å²) in [5.41, 5.74) is 0. The van der Waals surface area contributed by atoms with E-state index in [1.54, 1.807) is 17.5 Å². The van der Waals surface area contributed by atoms with E-state index in [-0.39, 0.29) is 70.9 Å². The Morgan fingerprint density at radius 2 is 1.67 bits per heavy atom. The van der Waals surface area contributed by atoms with Crippen molar-refractivity contribution in [3.05, 3.63) is 17.5 Å². The predicted molar refractivity (Wildman–Crippen MR) is 41.2 cm³/mol. The zero-order valence-electron chi connectivity index (χ0n) is 6.20. The van der Waals surface area contributed by atoms with Gasteiger partial charge in [0.2, 0.25) is 0 Å². The third kappa shape index (κ3) is 8.40. The molecular formula is C4H3BCl2Mg2O2S. The van der Waals surface area contributed by atoms with E-state index in [0.29, 0.717) is 4.78 Å². The molecule has 0 saturated carbocycles. The molecule has 0 aromatic carbocycles. The summed E-state index contributed by atoms with van der Waals surface area (Å²) >= 11 is 1.21. The number of hydrogen-bond acceptors (Lipinski definition) is 3. The predicted octanol–water partition coefficient (Wildman–Crippen LogP) is -8.59. The molecule has 0 radical (unpaired) electrons. The molecule has 0 N–H and O–H groups in total. The van der Waals surface area contributed by atoms with E-state index in [9.17, 15) is 10.0 Å². The van der Waals surface area contributed by atoms with Crippen molar-refractivity contribution in [2.24, 2.45) is 0 Å². The van der Waals surface area contributed by atoms with Crippen LogP contribution < -0.4 is 39.6 Å². The maximum absolute atomic E-state index is 10.0. The van der Waals surface area contributed by atoms with Gasteiger partial charge in [-0.05, 0) is 5.38 Å². The maximum atomic E-state index is 10.0. The van der Waals surface area contributed by atoms with Crippen molar-refractivity contribution < 1.29 is 34.9 Å². The van der Waals surface area contributed by atoms with Crippen molar-refractivity contribution in [3.63, 3.8) is 0 Å². The molecule has 0 unspecified atom stereocenters. The Balaban J connectivity index is -0.0000000800. The first-order valence-corrected chi connectivity index (χ1v) is 3.03. The minimum absolute atomic E-state index is 0. The summed E-state index contributed by atoms with van der Waals surface area (Å²) in [5.74, 6) is 0. The maximum Gasteiger partial charge on any atom is 2.00 e. The van der Waals surface area contributed by atoms with Crippen LogP contribution in [-0.4, -0.2) is 53.2 Å². The van der Waals surface area contributed by atoms with Crippen molar-refractivity contribution in [2.45, 2.75) is 0 Å². The zero-order chi connectivity index (χ0) is 5.98. The second-order valence-corrected chi connectivity index (χ2v) is 2.33. The van der Waals surface area contributed by atoms with Crippen molar-refractivity contribution in [2.75, 3.05) is 0 Å². The molecule has 0 atom stereocenters. The van der Waals surface area contributed by atoms with Gasteiger partial charge < -0.3 is 34.9 Å². The van der Waals surface area contributed by atoms with Gasteiger partial charge in [0, 0.05) is 0 Å². The Labute approximate surface area is 120 Å². The van der Waals surface area contributed by atoms with Crippen LogP contribution in [0.2, 0.25) is 0 Å². The van der Waals surface area contributed by atoms with Crippen LogP contribution in [0, 0.1) is 0 Å². The van der Waals surface area contributed by atoms with Crippen LogP contribution >= 0.6 is 11.3 Å². The largest absolute Gasteiger partial charge is 2.00 e. The van der Waals surface area contributed by atoms with Crippen molar-refractivity contribution >= 4 is 69.3 Å². The standard InChI is InChI=1S/C4H3BO2S.2ClH.2Mg/c6-5(7)4-2-1-3-8-4;;;;/h1-3H;2*1H;;/q-2;;;2*+2/p-2. The monoisotopic (exact) mass is 244 g/mol. The molecule has 0 aliphatic heterocycles. The van der Waals surface area contributed by atoms with Gasteiger partial charge in [0.05, 0.1) is 0 Å². The zero-order valence-corrected chi connectivity index (χ0v) is 11.4. The van der Waals surface area contributed by atoms with Crippen molar-refractivity contribution in [3.8, 4) is 0 Å². The first kappa shape index (κ1) is 23.5. The molecule has 12 heavy (non-hydrogen) atoms. The number of thiophene rings is 1. The van der Waals surface area contributed by atoms with Gasteiger partial charge in [-0.25, -0.2) is 0 Å². The van der Waals surface area contributed by atoms with E-state index < -0.39 is 7.12 Å². The molecular weight excluding hydrogens is 242 g/mol. The van der Waals surface area contributed by atoms with Gasteiger partial charge in [-0.3, -0.25) is 0 Å². The number of rotatable bonds is 1. The molecule has 2 nitrogen and oxygen atoms in total. The van der Waals surface area contributed by atoms with E-state index >= 15 is 0 Å². The topological polar surface area (TPSA) is 46.1 Å². The molecule has 1 rings (SSSR count). The van der Waals surface area contributed by atoms with Crippen molar-refractivity contribution in [1.82, 2.24) is 0 Å². The van der Waals surface area contributed by atoms with Crippen LogP contribution in [0.15, 0.2) is 17.5 Å². The van der Waals surface area contributed by atoms with Gasteiger partial charge in [0.25, 0.3) is 0 Å². The molecule has 58 valence electrons. The molecule has 0 aliphatic rings. The molecule has 0 bridgehead atoms. The Kier molecular flexibility index (Phi) is 25.1. The molecule has 0 saturated heterocycles. The minimum Gasteiger partial charge on any atom is -1.00 e. The van der Waals surface area contributed by atoms with E-state index in [4.69, 9.17) is 0 Å². The normalized spacial score (nSPS) is 6.17. The molecule has 0 amide bonds. The van der Waals surface area contributed by atoms with Crippen LogP contribution in [0.3, 0.4) is 0 Å². The quantitative estimate of drug-likeness (QED) is 0.461. The summed E-state index contributed by atoms with van der Waals surface area (Å²) in [5, 5.41) is 21.8. The smallest absolute Gasteiger partial charge is 1.00 e. The van der Waals surface area contributed by atoms with E-state index in [1.807, 2.05) is 0 Å². The van der Waals surface area contributed by atoms with Gasteiger partial charge in [-0.15, -0.1) is 0 Å². The van der Waals surface area contributed by atoms with Gasteiger partial charge in [0.15, 0.2) is 0 Å². The van der Waals surface area contributed by atoms with Crippen LogP contribution in [0.25, 0.3) is 0 Å². The second kappa shape index (κ2) is 12.8. The van der Waals surface area contributed by atoms with E-state index in [0.717, 1.165) is 0 Å². The van der Waals surface area contributed by atoms with Gasteiger partial charge >= 0.3 is 46.1 Å². The van der Waals surface area contributed by atoms with Gasteiger partial charge in [0.1, 0.15) is 0 Å². The average Bonchev–Trinajstić information content (AvgIpc) is 2.12. The minimum atomic E-state index is -1.80. The Morgan fingerprint density at radius 3 is 1.83 bits per heavy atom. The molecule has 0 fully saturated rings. The summed E-state index contributed by atoms with van der Waals surface area (Å²) in [6.45, 7) is 0. The van der Waals surface area contributed by atoms with Crippen molar-refractivity contribution in [1.29, 1.82) is 0 Å². The molecule has 0 aliphatic carbocycles. The third-order valence-corrected chi connectivity index (χ3v) is 1.67. The van der Waals surface area contributed by atoms with Gasteiger partial charge in [-0.2, -0.15) is 11.3 Å². The molecule has 0 spiro atoms. The second-order valence-electron chi connectivity index (χ2n) is 1.35. The molecule has 1 heterocycles. The fraction of sp³-hybridized carbons (Fsp3) is 0. The fourth-order valence-corrected chi connectivity index (χ4v) is 1.01. The SMILES string of the molecule is [Cl-].[Cl-].[Mg+2].[Mg+2].[O-]B([O-])c1cccs1. The van der Waals surface area contributed by atoms with Crippen LogP contribution in [0.4, 0.5) is 0 Å². The molecule has 8 heteroatoms. The van der Waals surface area contributed by atoms with E-state index in [1.165, 1.54) is 11.3 Å². The summed E-state index contributed by atoms with van der Waals surface area (Å²) < 4.78 is 0.366.